The van der Waals surface area contributed by atoms with Crippen LogP contribution in [0.25, 0.3) is 17.2 Å². The van der Waals surface area contributed by atoms with E-state index in [0.29, 0.717) is 30.2 Å². The van der Waals surface area contributed by atoms with Crippen LogP contribution in [0.5, 0.6) is 0 Å². The average Bonchev–Trinajstić information content (AvgIpc) is 3.49. The van der Waals surface area contributed by atoms with Crippen molar-refractivity contribution in [3.8, 4) is 17.2 Å². The van der Waals surface area contributed by atoms with Crippen LogP contribution in [0.1, 0.15) is 35.5 Å². The summed E-state index contributed by atoms with van der Waals surface area (Å²) in [4.78, 5) is 26.7. The Hall–Kier alpha value is -4.25. The van der Waals surface area contributed by atoms with E-state index in [2.05, 4.69) is 34.3 Å². The summed E-state index contributed by atoms with van der Waals surface area (Å²) in [6, 6.07) is 10.5. The molecule has 0 spiro atoms. The third-order valence-corrected chi connectivity index (χ3v) is 6.43. The summed E-state index contributed by atoms with van der Waals surface area (Å²) in [5, 5.41) is 11.1. The second-order valence-corrected chi connectivity index (χ2v) is 9.08. The Morgan fingerprint density at radius 2 is 1.95 bits per heavy atom. The van der Waals surface area contributed by atoms with Crippen LogP contribution in [0.3, 0.4) is 0 Å². The Morgan fingerprint density at radius 1 is 1.14 bits per heavy atom. The van der Waals surface area contributed by atoms with Crippen molar-refractivity contribution < 1.29 is 13.6 Å². The maximum Gasteiger partial charge on any atom is 0.260 e. The minimum Gasteiger partial charge on any atom is -0.357 e. The summed E-state index contributed by atoms with van der Waals surface area (Å²) in [5.41, 5.74) is 2.72. The second kappa shape index (κ2) is 9.66. The van der Waals surface area contributed by atoms with Crippen molar-refractivity contribution in [3.05, 3.63) is 77.2 Å². The monoisotopic (exact) mass is 504 g/mol. The summed E-state index contributed by atoms with van der Waals surface area (Å²) >= 11 is 0. The molecule has 5 rings (SSSR count). The fourth-order valence-electron chi connectivity index (χ4n) is 4.26. The highest BCUT2D eigenvalue weighted by Gasteiger charge is 2.33. The topological polar surface area (TPSA) is 92.1 Å². The quantitative estimate of drug-likeness (QED) is 0.410. The summed E-state index contributed by atoms with van der Waals surface area (Å²) in [7, 11) is 3.79. The lowest BCUT2D eigenvalue weighted by Crippen LogP contribution is -2.27. The van der Waals surface area contributed by atoms with Gasteiger partial charge < -0.3 is 10.2 Å². The lowest BCUT2D eigenvalue weighted by molar-refractivity contribution is 0.0996. The molecule has 1 aliphatic rings. The van der Waals surface area contributed by atoms with E-state index in [1.54, 1.807) is 23.1 Å². The number of amides is 1. The number of carbonyl (C=O) groups is 1. The van der Waals surface area contributed by atoms with E-state index in [1.165, 1.54) is 17.0 Å². The molecule has 0 unspecified atom stereocenters. The molecule has 0 aliphatic carbocycles. The van der Waals surface area contributed by atoms with E-state index < -0.39 is 11.6 Å². The van der Waals surface area contributed by atoms with Crippen molar-refractivity contribution in [3.63, 3.8) is 0 Å². The molecule has 0 fully saturated rings. The molecule has 9 nitrogen and oxygen atoms in total. The molecule has 1 aliphatic heterocycles. The number of benzene rings is 1. The number of nitrogens with zero attached hydrogens (tertiary/aromatic N) is 7. The van der Waals surface area contributed by atoms with E-state index in [1.807, 2.05) is 25.1 Å². The smallest absolute Gasteiger partial charge is 0.260 e. The Kier molecular flexibility index (Phi) is 6.38. The van der Waals surface area contributed by atoms with Crippen LogP contribution in [0.4, 0.5) is 20.4 Å². The van der Waals surface area contributed by atoms with Gasteiger partial charge in [0.1, 0.15) is 35.3 Å². The number of hydrogen-bond acceptors (Lipinski definition) is 7. The predicted octanol–water partition coefficient (Wildman–Crippen LogP) is 3.73. The van der Waals surface area contributed by atoms with Gasteiger partial charge >= 0.3 is 0 Å². The first kappa shape index (κ1) is 24.4. The molecule has 0 saturated carbocycles. The Balaban J connectivity index is 1.52. The van der Waals surface area contributed by atoms with Gasteiger partial charge in [-0.3, -0.25) is 14.3 Å². The fraction of sp³-hybridized carbons (Fsp3) is 0.269. The van der Waals surface area contributed by atoms with Crippen molar-refractivity contribution in [2.45, 2.75) is 33.0 Å². The number of rotatable bonds is 7. The second-order valence-electron chi connectivity index (χ2n) is 9.08. The third kappa shape index (κ3) is 4.42. The summed E-state index contributed by atoms with van der Waals surface area (Å²) < 4.78 is 29.3. The molecule has 4 heterocycles. The van der Waals surface area contributed by atoms with Crippen LogP contribution in [-0.2, 0) is 13.1 Å². The first-order valence-electron chi connectivity index (χ1n) is 11.8. The Morgan fingerprint density at radius 3 is 2.68 bits per heavy atom. The van der Waals surface area contributed by atoms with Gasteiger partial charge in [-0.25, -0.2) is 18.7 Å². The van der Waals surface area contributed by atoms with Crippen LogP contribution in [-0.4, -0.2) is 50.8 Å². The van der Waals surface area contributed by atoms with Gasteiger partial charge in [0.25, 0.3) is 5.91 Å². The highest BCUT2D eigenvalue weighted by molar-refractivity contribution is 6.10. The molecule has 11 heteroatoms. The molecule has 4 aromatic rings. The number of carbonyl (C=O) groups excluding carboxylic acids is 1. The highest BCUT2D eigenvalue weighted by Crippen LogP contribution is 2.33. The third-order valence-electron chi connectivity index (χ3n) is 6.43. The summed E-state index contributed by atoms with van der Waals surface area (Å²) in [6.45, 7) is 4.96. The standard InChI is InChI=1S/C26H26F2N8O/c1-15(2)34(4)24-11-17-18(21(32-24)12-29-3)13-35(26(17)37)23-7-5-6-20(31-23)25-33-30-14-36(25)22-9-8-16(27)10-19(22)28/h5-11,14-15,29H,12-13H2,1-4H3. The number of halogens is 2. The average molecular weight is 505 g/mol. The summed E-state index contributed by atoms with van der Waals surface area (Å²) in [5.74, 6) is -0.210. The largest absolute Gasteiger partial charge is 0.357 e. The van der Waals surface area contributed by atoms with Crippen molar-refractivity contribution in [2.24, 2.45) is 0 Å². The zero-order valence-electron chi connectivity index (χ0n) is 20.9. The fourth-order valence-corrected chi connectivity index (χ4v) is 4.26. The van der Waals surface area contributed by atoms with Gasteiger partial charge in [-0.05, 0) is 51.2 Å². The van der Waals surface area contributed by atoms with Crippen LogP contribution in [0, 0.1) is 11.6 Å². The molecular formula is C26H26F2N8O. The first-order chi connectivity index (χ1) is 17.8. The van der Waals surface area contributed by atoms with Gasteiger partial charge in [-0.2, -0.15) is 0 Å². The van der Waals surface area contributed by atoms with Gasteiger partial charge in [0.05, 0.1) is 23.5 Å². The number of nitrogens with one attached hydrogen (secondary N) is 1. The molecule has 3 aromatic heterocycles. The van der Waals surface area contributed by atoms with E-state index >= 15 is 0 Å². The van der Waals surface area contributed by atoms with Crippen molar-refractivity contribution in [1.82, 2.24) is 30.0 Å². The minimum atomic E-state index is -0.755. The molecule has 190 valence electrons. The van der Waals surface area contributed by atoms with Gasteiger partial charge in [-0.15, -0.1) is 10.2 Å². The number of anilines is 2. The predicted molar refractivity (Wildman–Crippen MR) is 136 cm³/mol. The molecule has 1 aromatic carbocycles. The molecule has 0 atom stereocenters. The SMILES string of the molecule is CNCc1nc(N(C)C(C)C)cc2c1CN(c1cccc(-c3nncn3-c3ccc(F)cc3F)n1)C2=O. The van der Waals surface area contributed by atoms with E-state index in [4.69, 9.17) is 4.98 Å². The van der Waals surface area contributed by atoms with Crippen molar-refractivity contribution >= 4 is 17.5 Å². The molecule has 0 radical (unpaired) electrons. The molecule has 1 amide bonds. The molecule has 0 bridgehead atoms. The van der Waals surface area contributed by atoms with Crippen molar-refractivity contribution in [1.29, 1.82) is 0 Å². The number of fused-ring (bicyclic) bond motifs is 1. The zero-order chi connectivity index (χ0) is 26.3. The van der Waals surface area contributed by atoms with Crippen LogP contribution in [0.2, 0.25) is 0 Å². The number of pyridine rings is 2. The Bertz CT molecular complexity index is 1490. The maximum absolute atomic E-state index is 14.5. The van der Waals surface area contributed by atoms with Gasteiger partial charge in [0.15, 0.2) is 5.82 Å². The first-order valence-corrected chi connectivity index (χ1v) is 11.8. The number of aromatic nitrogens is 5. The molecule has 37 heavy (non-hydrogen) atoms. The van der Waals surface area contributed by atoms with E-state index in [0.717, 1.165) is 29.2 Å². The Labute approximate surface area is 212 Å². The highest BCUT2D eigenvalue weighted by atomic mass is 19.1. The molecule has 1 N–H and O–H groups in total. The minimum absolute atomic E-state index is 0.0860. The summed E-state index contributed by atoms with van der Waals surface area (Å²) in [6.07, 6.45) is 1.33. The lowest BCUT2D eigenvalue weighted by atomic mass is 10.1. The van der Waals surface area contributed by atoms with Gasteiger partial charge in [0, 0.05) is 31.3 Å². The van der Waals surface area contributed by atoms with Gasteiger partial charge in [0.2, 0.25) is 0 Å². The van der Waals surface area contributed by atoms with Crippen molar-refractivity contribution in [2.75, 3.05) is 23.9 Å². The van der Waals surface area contributed by atoms with Crippen LogP contribution < -0.4 is 15.1 Å². The molecule has 0 saturated heterocycles. The lowest BCUT2D eigenvalue weighted by Gasteiger charge is -2.24. The maximum atomic E-state index is 14.5. The van der Waals surface area contributed by atoms with Gasteiger partial charge in [-0.1, -0.05) is 6.07 Å². The van der Waals surface area contributed by atoms with E-state index in [9.17, 15) is 13.6 Å². The zero-order valence-corrected chi connectivity index (χ0v) is 20.9. The van der Waals surface area contributed by atoms with E-state index in [-0.39, 0.29) is 23.5 Å². The normalized spacial score (nSPS) is 12.9. The number of hydrogen-bond donors (Lipinski definition) is 1. The molecular weight excluding hydrogens is 478 g/mol. The van der Waals surface area contributed by atoms with Crippen LogP contribution >= 0.6 is 0 Å². The van der Waals surface area contributed by atoms with Crippen LogP contribution in [0.15, 0.2) is 48.8 Å².